The van der Waals surface area contributed by atoms with Crippen LogP contribution in [0.5, 0.6) is 5.75 Å². The van der Waals surface area contributed by atoms with Crippen LogP contribution < -0.4 is 4.74 Å². The summed E-state index contributed by atoms with van der Waals surface area (Å²) in [4.78, 5) is 4.70. The lowest BCUT2D eigenvalue weighted by Gasteiger charge is -2.19. The zero-order chi connectivity index (χ0) is 26.2. The molecule has 2 nitrogen and oxygen atoms in total. The third-order valence-corrected chi connectivity index (χ3v) is 6.31. The van der Waals surface area contributed by atoms with Crippen molar-refractivity contribution in [3.8, 4) is 16.9 Å². The van der Waals surface area contributed by atoms with Crippen molar-refractivity contribution in [3.63, 3.8) is 0 Å². The van der Waals surface area contributed by atoms with Gasteiger partial charge in [0, 0.05) is 11.6 Å². The molecule has 0 aromatic heterocycles. The highest BCUT2D eigenvalue weighted by atomic mass is 19.4. The summed E-state index contributed by atoms with van der Waals surface area (Å²) in [5.41, 5.74) is 3.12. The van der Waals surface area contributed by atoms with E-state index in [2.05, 4.69) is 4.74 Å². The minimum absolute atomic E-state index is 0.171. The van der Waals surface area contributed by atoms with Crippen molar-refractivity contribution in [2.45, 2.75) is 24.7 Å². The fraction of sp³-hybridized carbons (Fsp3) is 0.138. The maximum absolute atomic E-state index is 14.5. The predicted molar refractivity (Wildman–Crippen MR) is 128 cm³/mol. The van der Waals surface area contributed by atoms with Gasteiger partial charge in [-0.1, -0.05) is 54.6 Å². The zero-order valence-corrected chi connectivity index (χ0v) is 19.1. The Bertz CT molecular complexity index is 1410. The Balaban J connectivity index is 1.47. The normalized spacial score (nSPS) is 17.5. The Labute approximate surface area is 208 Å². The van der Waals surface area contributed by atoms with Crippen LogP contribution in [0, 0.1) is 17.5 Å². The molecule has 1 unspecified atom stereocenters. The molecular formula is C29H19F6NO. The lowest BCUT2D eigenvalue weighted by molar-refractivity contribution is -0.274. The predicted octanol–water partition coefficient (Wildman–Crippen LogP) is 8.39. The molecule has 5 rings (SSSR count). The molecular weight excluding hydrogens is 492 g/mol. The lowest BCUT2D eigenvalue weighted by atomic mass is 9.85. The molecule has 8 heteroatoms. The van der Waals surface area contributed by atoms with Gasteiger partial charge in [-0.05, 0) is 65.1 Å². The molecule has 4 aromatic rings. The summed E-state index contributed by atoms with van der Waals surface area (Å²) in [5.74, 6) is -2.39. The van der Waals surface area contributed by atoms with Crippen molar-refractivity contribution in [3.05, 3.63) is 125 Å². The van der Waals surface area contributed by atoms with Crippen LogP contribution in [0.3, 0.4) is 0 Å². The van der Waals surface area contributed by atoms with Gasteiger partial charge in [0.15, 0.2) is 0 Å². The van der Waals surface area contributed by atoms with E-state index in [1.54, 1.807) is 24.3 Å². The Morgan fingerprint density at radius 1 is 0.676 bits per heavy atom. The summed E-state index contributed by atoms with van der Waals surface area (Å²) in [7, 11) is 0. The van der Waals surface area contributed by atoms with Gasteiger partial charge in [0.05, 0.1) is 11.6 Å². The lowest BCUT2D eigenvalue weighted by Crippen LogP contribution is -2.16. The molecule has 0 saturated carbocycles. The summed E-state index contributed by atoms with van der Waals surface area (Å²) in [6, 6.07) is 21.9. The smallest absolute Gasteiger partial charge is 0.406 e. The molecule has 0 fully saturated rings. The Morgan fingerprint density at radius 2 is 1.22 bits per heavy atom. The number of aliphatic imine (C=N–C) groups is 1. The highest BCUT2D eigenvalue weighted by molar-refractivity contribution is 6.03. The molecule has 2 atom stereocenters. The quantitative estimate of drug-likeness (QED) is 0.247. The van der Waals surface area contributed by atoms with E-state index in [-0.39, 0.29) is 23.7 Å². The maximum atomic E-state index is 14.5. The van der Waals surface area contributed by atoms with Gasteiger partial charge in [0.2, 0.25) is 0 Å². The molecule has 0 aliphatic carbocycles. The van der Waals surface area contributed by atoms with Crippen molar-refractivity contribution in [1.29, 1.82) is 0 Å². The second-order valence-corrected chi connectivity index (χ2v) is 8.67. The van der Waals surface area contributed by atoms with Crippen LogP contribution >= 0.6 is 0 Å². The van der Waals surface area contributed by atoms with Gasteiger partial charge in [0.25, 0.3) is 0 Å². The van der Waals surface area contributed by atoms with E-state index in [0.29, 0.717) is 11.3 Å². The highest BCUT2D eigenvalue weighted by Crippen LogP contribution is 2.44. The fourth-order valence-corrected chi connectivity index (χ4v) is 4.61. The molecule has 37 heavy (non-hydrogen) atoms. The van der Waals surface area contributed by atoms with E-state index in [0.717, 1.165) is 16.7 Å². The van der Waals surface area contributed by atoms with E-state index >= 15 is 0 Å². The van der Waals surface area contributed by atoms with Crippen molar-refractivity contribution in [2.75, 3.05) is 0 Å². The summed E-state index contributed by atoms with van der Waals surface area (Å²) in [6.07, 6.45) is -4.51. The first-order valence-electron chi connectivity index (χ1n) is 11.4. The maximum Gasteiger partial charge on any atom is 0.573 e. The van der Waals surface area contributed by atoms with Crippen molar-refractivity contribution in [2.24, 2.45) is 4.99 Å². The average Bonchev–Trinajstić information content (AvgIpc) is 3.29. The van der Waals surface area contributed by atoms with Gasteiger partial charge in [-0.2, -0.15) is 0 Å². The number of halogens is 6. The third-order valence-electron chi connectivity index (χ3n) is 6.31. The SMILES string of the molecule is Fc1ccc([C@H]2CC(c3c(F)cccc3F)=NC2c2ccc(-c3ccc(OC(F)(F)F)cc3)cc2)cc1. The number of benzene rings is 4. The topological polar surface area (TPSA) is 21.6 Å². The van der Waals surface area contributed by atoms with Crippen LogP contribution in [-0.2, 0) is 0 Å². The first-order chi connectivity index (χ1) is 17.7. The monoisotopic (exact) mass is 511 g/mol. The standard InChI is InChI=1S/C29H19F6NO/c30-21-12-8-19(9-13-21)23-16-26(27-24(31)2-1-3-25(27)32)36-28(23)20-6-4-17(5-7-20)18-10-14-22(15-11-18)37-29(33,34)35/h1-15,23,28H,16H2/t23-,28?/m1/s1. The molecule has 4 aromatic carbocycles. The van der Waals surface area contributed by atoms with Gasteiger partial charge < -0.3 is 4.74 Å². The Kier molecular flexibility index (Phi) is 6.50. The number of alkyl halides is 3. The average molecular weight is 511 g/mol. The number of rotatable bonds is 5. The summed E-state index contributed by atoms with van der Waals surface area (Å²) < 4.78 is 83.8. The molecule has 0 radical (unpaired) electrons. The van der Waals surface area contributed by atoms with Crippen LogP contribution in [0.2, 0.25) is 0 Å². The number of ether oxygens (including phenoxy) is 1. The molecule has 1 heterocycles. The molecule has 1 aliphatic rings. The zero-order valence-electron chi connectivity index (χ0n) is 19.1. The van der Waals surface area contributed by atoms with Crippen molar-refractivity contribution in [1.82, 2.24) is 0 Å². The molecule has 1 aliphatic heterocycles. The summed E-state index contributed by atoms with van der Waals surface area (Å²) >= 11 is 0. The second-order valence-electron chi connectivity index (χ2n) is 8.67. The third kappa shape index (κ3) is 5.38. The number of hydrogen-bond acceptors (Lipinski definition) is 2. The second kappa shape index (κ2) is 9.76. The van der Waals surface area contributed by atoms with E-state index in [9.17, 15) is 26.3 Å². The molecule has 0 bridgehead atoms. The minimum Gasteiger partial charge on any atom is -0.406 e. The minimum atomic E-state index is -4.77. The Morgan fingerprint density at radius 3 is 1.78 bits per heavy atom. The number of nitrogens with zero attached hydrogens (tertiary/aromatic N) is 1. The van der Waals surface area contributed by atoms with Crippen LogP contribution in [0.15, 0.2) is 96.0 Å². The van der Waals surface area contributed by atoms with Gasteiger partial charge in [-0.3, -0.25) is 4.99 Å². The Hall–Kier alpha value is -4.07. The molecule has 0 amide bonds. The van der Waals surface area contributed by atoms with E-state index in [1.165, 1.54) is 54.6 Å². The van der Waals surface area contributed by atoms with Crippen molar-refractivity contribution < 1.29 is 31.1 Å². The first-order valence-corrected chi connectivity index (χ1v) is 11.4. The van der Waals surface area contributed by atoms with Gasteiger partial charge in [0.1, 0.15) is 23.2 Å². The van der Waals surface area contributed by atoms with Crippen LogP contribution in [-0.4, -0.2) is 12.1 Å². The molecule has 0 spiro atoms. The summed E-state index contributed by atoms with van der Waals surface area (Å²) in [5, 5.41) is 0. The summed E-state index contributed by atoms with van der Waals surface area (Å²) in [6.45, 7) is 0. The molecule has 0 N–H and O–H groups in total. The largest absolute Gasteiger partial charge is 0.573 e. The van der Waals surface area contributed by atoms with Crippen LogP contribution in [0.4, 0.5) is 26.3 Å². The van der Waals surface area contributed by atoms with Gasteiger partial charge in [-0.25, -0.2) is 13.2 Å². The van der Waals surface area contributed by atoms with Crippen LogP contribution in [0.1, 0.15) is 35.1 Å². The van der Waals surface area contributed by atoms with Crippen molar-refractivity contribution >= 4 is 5.71 Å². The first kappa shape index (κ1) is 24.6. The van der Waals surface area contributed by atoms with Gasteiger partial charge >= 0.3 is 6.36 Å². The van der Waals surface area contributed by atoms with Crippen LogP contribution in [0.25, 0.3) is 11.1 Å². The van der Waals surface area contributed by atoms with E-state index in [4.69, 9.17) is 4.99 Å². The van der Waals surface area contributed by atoms with E-state index in [1.807, 2.05) is 12.1 Å². The highest BCUT2D eigenvalue weighted by Gasteiger charge is 2.34. The van der Waals surface area contributed by atoms with Gasteiger partial charge in [-0.15, -0.1) is 13.2 Å². The molecule has 188 valence electrons. The number of hydrogen-bond donors (Lipinski definition) is 0. The van der Waals surface area contributed by atoms with E-state index < -0.39 is 29.9 Å². The fourth-order valence-electron chi connectivity index (χ4n) is 4.61. The molecule has 0 saturated heterocycles.